The van der Waals surface area contributed by atoms with E-state index in [1.165, 1.54) is 0 Å². The third-order valence-corrected chi connectivity index (χ3v) is 3.82. The molecular formula is C16H14ClIN2O3. The molecule has 7 heteroatoms. The molecule has 2 rings (SSSR count). The number of amides is 1. The summed E-state index contributed by atoms with van der Waals surface area (Å²) in [5.74, 6) is 0.965. The van der Waals surface area contributed by atoms with Crippen LogP contribution in [0.5, 0.6) is 11.5 Å². The van der Waals surface area contributed by atoms with Crippen LogP contribution in [0.3, 0.4) is 0 Å². The topological polar surface area (TPSA) is 59.9 Å². The van der Waals surface area contributed by atoms with Crippen molar-refractivity contribution < 1.29 is 14.3 Å². The molecule has 1 amide bonds. The smallest absolute Gasteiger partial charge is 0.277 e. The fourth-order valence-electron chi connectivity index (χ4n) is 1.68. The number of halogens is 2. The lowest BCUT2D eigenvalue weighted by atomic mass is 10.2. The van der Waals surface area contributed by atoms with E-state index in [-0.39, 0.29) is 12.5 Å². The van der Waals surface area contributed by atoms with Gasteiger partial charge >= 0.3 is 0 Å². The monoisotopic (exact) mass is 444 g/mol. The van der Waals surface area contributed by atoms with Crippen LogP contribution in [0.4, 0.5) is 0 Å². The minimum absolute atomic E-state index is 0.141. The first-order chi connectivity index (χ1) is 11.1. The third kappa shape index (κ3) is 5.72. The highest BCUT2D eigenvalue weighted by molar-refractivity contribution is 14.1. The summed E-state index contributed by atoms with van der Waals surface area (Å²) in [7, 11) is 1.62. The van der Waals surface area contributed by atoms with Crippen molar-refractivity contribution in [1.29, 1.82) is 0 Å². The SMILES string of the molecule is COc1ccc(C=NNC(=O)COc2cccc(Cl)c2)cc1I. The van der Waals surface area contributed by atoms with Crippen LogP contribution in [-0.4, -0.2) is 25.8 Å². The molecule has 0 spiro atoms. The average Bonchev–Trinajstić information content (AvgIpc) is 2.53. The van der Waals surface area contributed by atoms with E-state index in [0.717, 1.165) is 14.9 Å². The van der Waals surface area contributed by atoms with Crippen LogP contribution in [0.1, 0.15) is 5.56 Å². The zero-order valence-corrected chi connectivity index (χ0v) is 15.2. The van der Waals surface area contributed by atoms with Gasteiger partial charge in [0.1, 0.15) is 11.5 Å². The molecule has 0 unspecified atom stereocenters. The quantitative estimate of drug-likeness (QED) is 0.422. The molecule has 0 atom stereocenters. The van der Waals surface area contributed by atoms with E-state index in [1.54, 1.807) is 37.6 Å². The Labute approximate surface area is 152 Å². The summed E-state index contributed by atoms with van der Waals surface area (Å²) in [4.78, 5) is 11.7. The number of nitrogens with zero attached hydrogens (tertiary/aromatic N) is 1. The number of methoxy groups -OCH3 is 1. The van der Waals surface area contributed by atoms with Gasteiger partial charge in [0.15, 0.2) is 6.61 Å². The van der Waals surface area contributed by atoms with Crippen LogP contribution in [0, 0.1) is 3.57 Å². The summed E-state index contributed by atoms with van der Waals surface area (Å²) in [5.41, 5.74) is 3.26. The van der Waals surface area contributed by atoms with Crippen LogP contribution in [0.25, 0.3) is 0 Å². The van der Waals surface area contributed by atoms with Crippen molar-refractivity contribution in [3.63, 3.8) is 0 Å². The predicted octanol–water partition coefficient (Wildman–Crippen LogP) is 3.48. The fraction of sp³-hybridized carbons (Fsp3) is 0.125. The van der Waals surface area contributed by atoms with Crippen molar-refractivity contribution in [2.24, 2.45) is 5.10 Å². The predicted molar refractivity (Wildman–Crippen MR) is 98.4 cm³/mol. The van der Waals surface area contributed by atoms with Gasteiger partial charge in [-0.3, -0.25) is 4.79 Å². The number of hydrogen-bond donors (Lipinski definition) is 1. The number of hydrazone groups is 1. The van der Waals surface area contributed by atoms with Gasteiger partial charge in [0.25, 0.3) is 5.91 Å². The van der Waals surface area contributed by atoms with E-state index < -0.39 is 0 Å². The van der Waals surface area contributed by atoms with Crippen molar-refractivity contribution in [3.8, 4) is 11.5 Å². The largest absolute Gasteiger partial charge is 0.496 e. The summed E-state index contributed by atoms with van der Waals surface area (Å²) in [6.07, 6.45) is 1.55. The minimum Gasteiger partial charge on any atom is -0.496 e. The van der Waals surface area contributed by atoms with E-state index in [4.69, 9.17) is 21.1 Å². The number of ether oxygens (including phenoxy) is 2. The van der Waals surface area contributed by atoms with Crippen LogP contribution in [0.15, 0.2) is 47.6 Å². The number of carbonyl (C=O) groups is 1. The van der Waals surface area contributed by atoms with E-state index in [9.17, 15) is 4.79 Å². The molecule has 0 aliphatic rings. The van der Waals surface area contributed by atoms with Crippen molar-refractivity contribution in [2.45, 2.75) is 0 Å². The molecule has 0 saturated carbocycles. The van der Waals surface area contributed by atoms with Gasteiger partial charge in [-0.05, 0) is 64.6 Å². The second-order valence-corrected chi connectivity index (χ2v) is 6.03. The first-order valence-corrected chi connectivity index (χ1v) is 8.08. The normalized spacial score (nSPS) is 10.6. The Bertz CT molecular complexity index is 722. The molecule has 23 heavy (non-hydrogen) atoms. The number of nitrogens with one attached hydrogen (secondary N) is 1. The molecule has 2 aromatic rings. The van der Waals surface area contributed by atoms with E-state index >= 15 is 0 Å². The zero-order chi connectivity index (χ0) is 16.7. The van der Waals surface area contributed by atoms with Crippen molar-refractivity contribution >= 4 is 46.3 Å². The minimum atomic E-state index is -0.357. The van der Waals surface area contributed by atoms with Crippen LogP contribution < -0.4 is 14.9 Å². The van der Waals surface area contributed by atoms with Gasteiger partial charge in [-0.1, -0.05) is 17.7 Å². The van der Waals surface area contributed by atoms with Gasteiger partial charge in [0.2, 0.25) is 0 Å². The Hall–Kier alpha value is -1.80. The molecule has 0 saturated heterocycles. The fourth-order valence-corrected chi connectivity index (χ4v) is 2.62. The van der Waals surface area contributed by atoms with Crippen LogP contribution >= 0.6 is 34.2 Å². The Morgan fingerprint density at radius 1 is 1.35 bits per heavy atom. The number of carbonyl (C=O) groups excluding carboxylic acids is 1. The highest BCUT2D eigenvalue weighted by atomic mass is 127. The molecule has 0 heterocycles. The van der Waals surface area contributed by atoms with Gasteiger partial charge in [0, 0.05) is 5.02 Å². The number of benzene rings is 2. The van der Waals surface area contributed by atoms with E-state index in [2.05, 4.69) is 33.1 Å². The maximum absolute atomic E-state index is 11.7. The van der Waals surface area contributed by atoms with Gasteiger partial charge in [-0.15, -0.1) is 0 Å². The third-order valence-electron chi connectivity index (χ3n) is 2.74. The second-order valence-electron chi connectivity index (χ2n) is 4.43. The summed E-state index contributed by atoms with van der Waals surface area (Å²) in [6.45, 7) is -0.141. The molecular weight excluding hydrogens is 431 g/mol. The Morgan fingerprint density at radius 3 is 2.87 bits per heavy atom. The van der Waals surface area contributed by atoms with Crippen molar-refractivity contribution in [1.82, 2.24) is 5.43 Å². The molecule has 0 radical (unpaired) electrons. The highest BCUT2D eigenvalue weighted by Gasteiger charge is 2.02. The van der Waals surface area contributed by atoms with E-state index in [0.29, 0.717) is 10.8 Å². The number of rotatable bonds is 6. The molecule has 120 valence electrons. The molecule has 1 N–H and O–H groups in total. The van der Waals surface area contributed by atoms with Gasteiger partial charge in [0.05, 0.1) is 16.9 Å². The number of hydrogen-bond acceptors (Lipinski definition) is 4. The standard InChI is InChI=1S/C16H14ClIN2O3/c1-22-15-6-5-11(7-14(15)18)9-19-20-16(21)10-23-13-4-2-3-12(17)8-13/h2-9H,10H2,1H3,(H,20,21). The first kappa shape index (κ1) is 17.6. The highest BCUT2D eigenvalue weighted by Crippen LogP contribution is 2.20. The molecule has 0 aliphatic heterocycles. The van der Waals surface area contributed by atoms with Gasteiger partial charge < -0.3 is 9.47 Å². The maximum Gasteiger partial charge on any atom is 0.277 e. The lowest BCUT2D eigenvalue weighted by molar-refractivity contribution is -0.123. The summed E-state index contributed by atoms with van der Waals surface area (Å²) < 4.78 is 11.5. The molecule has 0 bridgehead atoms. The lowest BCUT2D eigenvalue weighted by Crippen LogP contribution is -2.24. The summed E-state index contributed by atoms with van der Waals surface area (Å²) >= 11 is 8.00. The lowest BCUT2D eigenvalue weighted by Gasteiger charge is -2.05. The molecule has 0 aromatic heterocycles. The Balaban J connectivity index is 1.83. The molecule has 2 aromatic carbocycles. The molecule has 0 fully saturated rings. The molecule has 0 aliphatic carbocycles. The Morgan fingerprint density at radius 2 is 2.17 bits per heavy atom. The van der Waals surface area contributed by atoms with E-state index in [1.807, 2.05) is 18.2 Å². The van der Waals surface area contributed by atoms with Gasteiger partial charge in [-0.25, -0.2) is 5.43 Å². The summed E-state index contributed by atoms with van der Waals surface area (Å²) in [5, 5.41) is 4.44. The molecule has 5 nitrogen and oxygen atoms in total. The zero-order valence-electron chi connectivity index (χ0n) is 12.3. The Kier molecular flexibility index (Phi) is 6.66. The average molecular weight is 445 g/mol. The maximum atomic E-state index is 11.7. The van der Waals surface area contributed by atoms with Crippen molar-refractivity contribution in [2.75, 3.05) is 13.7 Å². The first-order valence-electron chi connectivity index (χ1n) is 6.62. The van der Waals surface area contributed by atoms with Crippen LogP contribution in [-0.2, 0) is 4.79 Å². The second kappa shape index (κ2) is 8.73. The summed E-state index contributed by atoms with van der Waals surface area (Å²) in [6, 6.07) is 12.4. The van der Waals surface area contributed by atoms with Crippen molar-refractivity contribution in [3.05, 3.63) is 56.6 Å². The van der Waals surface area contributed by atoms with Crippen LogP contribution in [0.2, 0.25) is 5.02 Å². The van der Waals surface area contributed by atoms with Gasteiger partial charge in [-0.2, -0.15) is 5.10 Å².